The second kappa shape index (κ2) is 14.3. The Hall–Kier alpha value is -4.12. The minimum atomic E-state index is -0.372. The summed E-state index contributed by atoms with van der Waals surface area (Å²) in [7, 11) is 0. The molecule has 4 rings (SSSR count). The standard InChI is InChI=1S/C29H33ClN6O4/c1-3-32-28(37)26-17-23(8-9-33-26)40-22-6-4-21(5-7-22)19-34-29(38)35-25-16-20(2)24(30)18-27(25)39-15-14-36-12-10-31-11-13-36/h3-9,16-18,31H,1,10-15,19H2,2H3,(H,32,37)(H2,34,35,38). The number of carbonyl (C=O) groups excluding carboxylic acids is 2. The van der Waals surface area contributed by atoms with Gasteiger partial charge in [-0.25, -0.2) is 4.79 Å². The third-order valence-corrected chi connectivity index (χ3v) is 6.60. The molecule has 1 aromatic heterocycles. The van der Waals surface area contributed by atoms with E-state index in [0.717, 1.165) is 43.9 Å². The van der Waals surface area contributed by atoms with Crippen LogP contribution in [-0.4, -0.2) is 61.2 Å². The molecule has 1 fully saturated rings. The van der Waals surface area contributed by atoms with Crippen LogP contribution in [0.15, 0.2) is 67.5 Å². The van der Waals surface area contributed by atoms with Crippen molar-refractivity contribution in [3.63, 3.8) is 0 Å². The Bertz CT molecular complexity index is 1330. The first-order valence-electron chi connectivity index (χ1n) is 13.0. The molecule has 0 bridgehead atoms. The first-order chi connectivity index (χ1) is 19.4. The van der Waals surface area contributed by atoms with Gasteiger partial charge in [-0.2, -0.15) is 0 Å². The third kappa shape index (κ3) is 8.44. The van der Waals surface area contributed by atoms with Crippen molar-refractivity contribution >= 4 is 29.2 Å². The fourth-order valence-corrected chi connectivity index (χ4v) is 4.18. The molecular formula is C29H33ClN6O4. The minimum Gasteiger partial charge on any atom is -0.490 e. The summed E-state index contributed by atoms with van der Waals surface area (Å²) >= 11 is 6.33. The Balaban J connectivity index is 1.29. The van der Waals surface area contributed by atoms with E-state index in [1.165, 1.54) is 12.4 Å². The molecule has 1 aliphatic heterocycles. The number of nitrogens with one attached hydrogen (secondary N) is 4. The van der Waals surface area contributed by atoms with E-state index in [2.05, 4.69) is 37.7 Å². The molecule has 3 aromatic rings. The van der Waals surface area contributed by atoms with Gasteiger partial charge in [0.25, 0.3) is 5.91 Å². The van der Waals surface area contributed by atoms with E-state index in [-0.39, 0.29) is 17.6 Å². The predicted molar refractivity (Wildman–Crippen MR) is 155 cm³/mol. The lowest BCUT2D eigenvalue weighted by molar-refractivity contribution is 0.0965. The molecular weight excluding hydrogens is 532 g/mol. The molecule has 1 aliphatic rings. The van der Waals surface area contributed by atoms with Crippen molar-refractivity contribution in [1.82, 2.24) is 25.8 Å². The number of pyridine rings is 1. The van der Waals surface area contributed by atoms with Crippen molar-refractivity contribution in [2.24, 2.45) is 0 Å². The van der Waals surface area contributed by atoms with Gasteiger partial charge in [-0.05, 0) is 48.5 Å². The van der Waals surface area contributed by atoms with Crippen molar-refractivity contribution in [1.29, 1.82) is 0 Å². The molecule has 40 heavy (non-hydrogen) atoms. The largest absolute Gasteiger partial charge is 0.490 e. The highest BCUT2D eigenvalue weighted by atomic mass is 35.5. The topological polar surface area (TPSA) is 117 Å². The van der Waals surface area contributed by atoms with Gasteiger partial charge in [0.15, 0.2) is 0 Å². The number of carbonyl (C=O) groups is 2. The number of ether oxygens (including phenoxy) is 2. The number of urea groups is 1. The fraction of sp³-hybridized carbons (Fsp3) is 0.276. The number of amides is 3. The molecule has 2 heterocycles. The quantitative estimate of drug-likeness (QED) is 0.274. The maximum atomic E-state index is 12.7. The molecule has 0 saturated carbocycles. The fourth-order valence-electron chi connectivity index (χ4n) is 4.03. The Labute approximate surface area is 238 Å². The zero-order chi connectivity index (χ0) is 28.3. The van der Waals surface area contributed by atoms with Crippen molar-refractivity contribution in [3.8, 4) is 17.2 Å². The van der Waals surface area contributed by atoms with Gasteiger partial charge in [0.05, 0.1) is 5.69 Å². The number of aromatic nitrogens is 1. The lowest BCUT2D eigenvalue weighted by atomic mass is 10.2. The zero-order valence-electron chi connectivity index (χ0n) is 22.3. The van der Waals surface area contributed by atoms with Crippen molar-refractivity contribution in [2.75, 3.05) is 44.6 Å². The second-order valence-corrected chi connectivity index (χ2v) is 9.55. The van der Waals surface area contributed by atoms with Crippen LogP contribution in [0.25, 0.3) is 0 Å². The average molecular weight is 565 g/mol. The van der Waals surface area contributed by atoms with Gasteiger partial charge < -0.3 is 30.7 Å². The monoisotopic (exact) mass is 564 g/mol. The molecule has 0 atom stereocenters. The number of benzene rings is 2. The van der Waals surface area contributed by atoms with Crippen LogP contribution in [0.5, 0.6) is 17.2 Å². The van der Waals surface area contributed by atoms with E-state index in [0.29, 0.717) is 41.1 Å². The van der Waals surface area contributed by atoms with Gasteiger partial charge in [-0.15, -0.1) is 0 Å². The molecule has 0 unspecified atom stereocenters. The number of nitrogens with zero attached hydrogens (tertiary/aromatic N) is 2. The Morgan fingerprint density at radius 3 is 2.65 bits per heavy atom. The van der Waals surface area contributed by atoms with Crippen molar-refractivity contribution in [3.05, 3.63) is 89.4 Å². The van der Waals surface area contributed by atoms with Crippen LogP contribution in [0, 0.1) is 6.92 Å². The summed E-state index contributed by atoms with van der Waals surface area (Å²) in [4.78, 5) is 31.0. The number of hydrogen-bond acceptors (Lipinski definition) is 7. The first kappa shape index (κ1) is 28.9. The Morgan fingerprint density at radius 1 is 1.12 bits per heavy atom. The van der Waals surface area contributed by atoms with Crippen LogP contribution in [0.3, 0.4) is 0 Å². The molecule has 3 amide bonds. The van der Waals surface area contributed by atoms with E-state index in [4.69, 9.17) is 21.1 Å². The molecule has 2 aromatic carbocycles. The summed E-state index contributed by atoms with van der Waals surface area (Å²) in [5.74, 6) is 1.21. The molecule has 0 radical (unpaired) electrons. The van der Waals surface area contributed by atoms with E-state index in [1.807, 2.05) is 19.1 Å². The zero-order valence-corrected chi connectivity index (χ0v) is 23.1. The summed E-state index contributed by atoms with van der Waals surface area (Å²) in [6.07, 6.45) is 2.79. The van der Waals surface area contributed by atoms with Gasteiger partial charge in [-0.3, -0.25) is 14.7 Å². The summed E-state index contributed by atoms with van der Waals surface area (Å²) in [5.41, 5.74) is 2.49. The lowest BCUT2D eigenvalue weighted by Crippen LogP contribution is -2.44. The second-order valence-electron chi connectivity index (χ2n) is 9.15. The van der Waals surface area contributed by atoms with Gasteiger partial charge in [-0.1, -0.05) is 30.3 Å². The highest BCUT2D eigenvalue weighted by Crippen LogP contribution is 2.31. The Kier molecular flexibility index (Phi) is 10.3. The van der Waals surface area contributed by atoms with Crippen molar-refractivity contribution < 1.29 is 19.1 Å². The highest BCUT2D eigenvalue weighted by Gasteiger charge is 2.14. The number of anilines is 1. The number of hydrogen-bond donors (Lipinski definition) is 4. The number of halogens is 1. The smallest absolute Gasteiger partial charge is 0.319 e. The minimum absolute atomic E-state index is 0.216. The molecule has 4 N–H and O–H groups in total. The van der Waals surface area contributed by atoms with E-state index in [9.17, 15) is 9.59 Å². The van der Waals surface area contributed by atoms with Crippen LogP contribution >= 0.6 is 11.6 Å². The number of aryl methyl sites for hydroxylation is 1. The normalized spacial score (nSPS) is 13.2. The van der Waals surface area contributed by atoms with Crippen LogP contribution in [0.4, 0.5) is 10.5 Å². The third-order valence-electron chi connectivity index (χ3n) is 6.19. The molecule has 210 valence electrons. The summed E-state index contributed by atoms with van der Waals surface area (Å²) in [6.45, 7) is 10.9. The average Bonchev–Trinajstić information content (AvgIpc) is 2.96. The Morgan fingerprint density at radius 2 is 1.90 bits per heavy atom. The predicted octanol–water partition coefficient (Wildman–Crippen LogP) is 4.31. The maximum Gasteiger partial charge on any atom is 0.319 e. The molecule has 0 aliphatic carbocycles. The highest BCUT2D eigenvalue weighted by molar-refractivity contribution is 6.31. The molecule has 0 spiro atoms. The number of piperazine rings is 1. The summed E-state index contributed by atoms with van der Waals surface area (Å²) in [5, 5.41) is 12.1. The van der Waals surface area contributed by atoms with Crippen LogP contribution in [0.1, 0.15) is 21.6 Å². The van der Waals surface area contributed by atoms with E-state index >= 15 is 0 Å². The van der Waals surface area contributed by atoms with E-state index < -0.39 is 0 Å². The van der Waals surface area contributed by atoms with Crippen molar-refractivity contribution in [2.45, 2.75) is 13.5 Å². The molecule has 10 nitrogen and oxygen atoms in total. The van der Waals surface area contributed by atoms with Gasteiger partial charge in [0.1, 0.15) is 29.5 Å². The number of rotatable bonds is 11. The SMILES string of the molecule is C=CNC(=O)c1cc(Oc2ccc(CNC(=O)Nc3cc(C)c(Cl)cc3OCCN3CCNCC3)cc2)ccn1. The lowest BCUT2D eigenvalue weighted by Gasteiger charge is -2.27. The molecule has 1 saturated heterocycles. The van der Waals surface area contributed by atoms with E-state index in [1.54, 1.807) is 36.4 Å². The van der Waals surface area contributed by atoms with Gasteiger partial charge in [0, 0.05) is 62.6 Å². The summed E-state index contributed by atoms with van der Waals surface area (Å²) in [6, 6.07) is 13.6. The maximum absolute atomic E-state index is 12.7. The molecule has 11 heteroatoms. The van der Waals surface area contributed by atoms with Crippen LogP contribution in [-0.2, 0) is 6.54 Å². The van der Waals surface area contributed by atoms with Gasteiger partial charge in [0.2, 0.25) is 0 Å². The van der Waals surface area contributed by atoms with Gasteiger partial charge >= 0.3 is 6.03 Å². The first-order valence-corrected chi connectivity index (χ1v) is 13.3. The summed E-state index contributed by atoms with van der Waals surface area (Å²) < 4.78 is 11.8. The van der Waals surface area contributed by atoms with Crippen LogP contribution < -0.4 is 30.7 Å². The van der Waals surface area contributed by atoms with Crippen LogP contribution in [0.2, 0.25) is 5.02 Å².